The Morgan fingerprint density at radius 2 is 2.11 bits per heavy atom. The van der Waals surface area contributed by atoms with Gasteiger partial charge in [-0.25, -0.2) is 4.79 Å². The lowest BCUT2D eigenvalue weighted by Gasteiger charge is -2.09. The lowest BCUT2D eigenvalue weighted by molar-refractivity contribution is -0.133. The van der Waals surface area contributed by atoms with Gasteiger partial charge in [0.25, 0.3) is 0 Å². The Bertz CT molecular complexity index is 449. The van der Waals surface area contributed by atoms with E-state index in [0.717, 1.165) is 5.56 Å². The highest BCUT2D eigenvalue weighted by Gasteiger charge is 2.25. The van der Waals surface area contributed by atoms with Crippen LogP contribution in [0.2, 0.25) is 0 Å². The maximum Gasteiger partial charge on any atom is 0.390 e. The van der Waals surface area contributed by atoms with E-state index >= 15 is 0 Å². The summed E-state index contributed by atoms with van der Waals surface area (Å²) in [5.41, 5.74) is 1.16. The quantitative estimate of drug-likeness (QED) is 0.660. The van der Waals surface area contributed by atoms with Crippen molar-refractivity contribution in [2.45, 2.75) is 19.1 Å². The first-order valence-electron chi connectivity index (χ1n) is 5.47. The van der Waals surface area contributed by atoms with Crippen LogP contribution in [0.15, 0.2) is 22.7 Å². The van der Waals surface area contributed by atoms with Crippen molar-refractivity contribution in [3.8, 4) is 0 Å². The SMILES string of the molecule is COC(=O)c1ccc(CNCCC(F)(F)F)c(Br)c1. The highest BCUT2D eigenvalue weighted by molar-refractivity contribution is 9.10. The highest BCUT2D eigenvalue weighted by Crippen LogP contribution is 2.20. The molecule has 0 aliphatic rings. The number of carbonyl (C=O) groups excluding carboxylic acids is 1. The molecule has 1 aromatic carbocycles. The number of halogens is 4. The van der Waals surface area contributed by atoms with Crippen LogP contribution in [-0.4, -0.2) is 25.8 Å². The maximum absolute atomic E-state index is 11.9. The van der Waals surface area contributed by atoms with Crippen LogP contribution in [0, 0.1) is 0 Å². The molecule has 0 unspecified atom stereocenters. The molecule has 106 valence electrons. The van der Waals surface area contributed by atoms with Crippen LogP contribution in [0.4, 0.5) is 13.2 Å². The Morgan fingerprint density at radius 3 is 2.63 bits per heavy atom. The van der Waals surface area contributed by atoms with Crippen molar-refractivity contribution in [2.24, 2.45) is 0 Å². The van der Waals surface area contributed by atoms with Crippen LogP contribution >= 0.6 is 15.9 Å². The molecule has 0 aromatic heterocycles. The van der Waals surface area contributed by atoms with Crippen molar-refractivity contribution in [1.29, 1.82) is 0 Å². The number of ether oxygens (including phenoxy) is 1. The summed E-state index contributed by atoms with van der Waals surface area (Å²) in [5, 5.41) is 2.70. The zero-order chi connectivity index (χ0) is 14.5. The fourth-order valence-electron chi connectivity index (χ4n) is 1.39. The summed E-state index contributed by atoms with van der Waals surface area (Å²) < 4.78 is 41.0. The highest BCUT2D eigenvalue weighted by atomic mass is 79.9. The number of rotatable bonds is 5. The first-order chi connectivity index (χ1) is 8.83. The molecule has 0 atom stereocenters. The Balaban J connectivity index is 2.54. The third-order valence-electron chi connectivity index (χ3n) is 2.37. The van der Waals surface area contributed by atoms with Gasteiger partial charge in [-0.1, -0.05) is 22.0 Å². The summed E-state index contributed by atoms with van der Waals surface area (Å²) in [4.78, 5) is 11.3. The number of carbonyl (C=O) groups is 1. The average molecular weight is 340 g/mol. The average Bonchev–Trinajstić information content (AvgIpc) is 2.33. The second-order valence-corrected chi connectivity index (χ2v) is 4.69. The molecule has 0 radical (unpaired) electrons. The predicted molar refractivity (Wildman–Crippen MR) is 67.9 cm³/mol. The minimum atomic E-state index is -4.15. The van der Waals surface area contributed by atoms with Crippen LogP contribution < -0.4 is 5.32 Å². The molecule has 1 rings (SSSR count). The molecule has 0 saturated heterocycles. The number of esters is 1. The van der Waals surface area contributed by atoms with E-state index in [1.54, 1.807) is 18.2 Å². The molecule has 0 heterocycles. The number of alkyl halides is 3. The van der Waals surface area contributed by atoms with Crippen molar-refractivity contribution in [3.05, 3.63) is 33.8 Å². The standard InChI is InChI=1S/C12H13BrF3NO2/c1-19-11(18)8-2-3-9(10(13)6-8)7-17-5-4-12(14,15)16/h2-3,6,17H,4-5,7H2,1H3. The zero-order valence-electron chi connectivity index (χ0n) is 10.2. The van der Waals surface area contributed by atoms with Crippen molar-refractivity contribution >= 4 is 21.9 Å². The van der Waals surface area contributed by atoms with E-state index in [4.69, 9.17) is 0 Å². The van der Waals surface area contributed by atoms with Crippen LogP contribution in [0.3, 0.4) is 0 Å². The zero-order valence-corrected chi connectivity index (χ0v) is 11.8. The van der Waals surface area contributed by atoms with Crippen LogP contribution in [0.1, 0.15) is 22.3 Å². The number of hydrogen-bond acceptors (Lipinski definition) is 3. The Morgan fingerprint density at radius 1 is 1.42 bits per heavy atom. The summed E-state index contributed by atoms with van der Waals surface area (Å²) in [5.74, 6) is -0.461. The Labute approximate surface area is 117 Å². The molecule has 0 amide bonds. The van der Waals surface area contributed by atoms with Gasteiger partial charge in [0.15, 0.2) is 0 Å². The third-order valence-corrected chi connectivity index (χ3v) is 3.11. The van der Waals surface area contributed by atoms with Crippen molar-refractivity contribution in [1.82, 2.24) is 5.32 Å². The molecule has 0 aliphatic heterocycles. The molecule has 0 fully saturated rings. The van der Waals surface area contributed by atoms with Crippen LogP contribution in [0.5, 0.6) is 0 Å². The van der Waals surface area contributed by atoms with Gasteiger partial charge >= 0.3 is 12.1 Å². The molecule has 1 N–H and O–H groups in total. The topological polar surface area (TPSA) is 38.3 Å². The smallest absolute Gasteiger partial charge is 0.390 e. The van der Waals surface area contributed by atoms with E-state index in [2.05, 4.69) is 26.0 Å². The minimum absolute atomic E-state index is 0.144. The molecule has 19 heavy (non-hydrogen) atoms. The van der Waals surface area contributed by atoms with Gasteiger partial charge in [0.05, 0.1) is 19.1 Å². The van der Waals surface area contributed by atoms with Gasteiger partial charge in [0.2, 0.25) is 0 Å². The van der Waals surface area contributed by atoms with Crippen molar-refractivity contribution < 1.29 is 22.7 Å². The monoisotopic (exact) mass is 339 g/mol. The summed E-state index contributed by atoms with van der Waals surface area (Å²) in [6.07, 6.45) is -5.02. The summed E-state index contributed by atoms with van der Waals surface area (Å²) in [7, 11) is 1.28. The second-order valence-electron chi connectivity index (χ2n) is 3.84. The number of benzene rings is 1. The van der Waals surface area contributed by atoms with E-state index in [-0.39, 0.29) is 13.1 Å². The Hall–Kier alpha value is -1.08. The molecule has 7 heteroatoms. The van der Waals surface area contributed by atoms with Gasteiger partial charge < -0.3 is 10.1 Å². The Kier molecular flexibility index (Phi) is 5.81. The first kappa shape index (κ1) is 16.0. The largest absolute Gasteiger partial charge is 0.465 e. The molecule has 0 saturated carbocycles. The molecule has 3 nitrogen and oxygen atoms in total. The van der Waals surface area contributed by atoms with E-state index in [0.29, 0.717) is 10.0 Å². The molecular weight excluding hydrogens is 327 g/mol. The fourth-order valence-corrected chi connectivity index (χ4v) is 1.91. The predicted octanol–water partition coefficient (Wildman–Crippen LogP) is 3.28. The first-order valence-corrected chi connectivity index (χ1v) is 6.27. The van der Waals surface area contributed by atoms with Gasteiger partial charge in [-0.3, -0.25) is 0 Å². The van der Waals surface area contributed by atoms with Crippen LogP contribution in [0.25, 0.3) is 0 Å². The lowest BCUT2D eigenvalue weighted by Crippen LogP contribution is -2.21. The van der Waals surface area contributed by atoms with Crippen LogP contribution in [-0.2, 0) is 11.3 Å². The van der Waals surface area contributed by atoms with E-state index in [1.807, 2.05) is 0 Å². The minimum Gasteiger partial charge on any atom is -0.465 e. The molecular formula is C12H13BrF3NO2. The summed E-state index contributed by atoms with van der Waals surface area (Å²) in [6, 6.07) is 4.81. The van der Waals surface area contributed by atoms with Gasteiger partial charge in [0, 0.05) is 17.6 Å². The van der Waals surface area contributed by atoms with Crippen molar-refractivity contribution in [3.63, 3.8) is 0 Å². The van der Waals surface area contributed by atoms with Gasteiger partial charge in [-0.05, 0) is 17.7 Å². The van der Waals surface area contributed by atoms with E-state index in [9.17, 15) is 18.0 Å². The summed E-state index contributed by atoms with van der Waals surface area (Å²) in [6.45, 7) is 0.146. The van der Waals surface area contributed by atoms with E-state index in [1.165, 1.54) is 7.11 Å². The second kappa shape index (κ2) is 6.91. The molecule has 1 aromatic rings. The number of nitrogens with one attached hydrogen (secondary N) is 1. The van der Waals surface area contributed by atoms with Crippen molar-refractivity contribution in [2.75, 3.05) is 13.7 Å². The van der Waals surface area contributed by atoms with Gasteiger partial charge in [-0.15, -0.1) is 0 Å². The van der Waals surface area contributed by atoms with E-state index < -0.39 is 18.6 Å². The fraction of sp³-hybridized carbons (Fsp3) is 0.417. The normalized spacial score (nSPS) is 11.4. The molecule has 0 spiro atoms. The maximum atomic E-state index is 11.9. The number of hydrogen-bond donors (Lipinski definition) is 1. The van der Waals surface area contributed by atoms with Gasteiger partial charge in [0.1, 0.15) is 0 Å². The molecule has 0 bridgehead atoms. The van der Waals surface area contributed by atoms with Gasteiger partial charge in [-0.2, -0.15) is 13.2 Å². The molecule has 0 aliphatic carbocycles. The number of methoxy groups -OCH3 is 1. The third kappa shape index (κ3) is 5.61. The lowest BCUT2D eigenvalue weighted by atomic mass is 10.1. The summed E-state index contributed by atoms with van der Waals surface area (Å²) >= 11 is 3.27.